The van der Waals surface area contributed by atoms with E-state index in [0.717, 1.165) is 31.2 Å². The predicted molar refractivity (Wildman–Crippen MR) is 103 cm³/mol. The number of guanidine groups is 1. The second kappa shape index (κ2) is 11.3. The highest BCUT2D eigenvalue weighted by atomic mass is 16.5. The number of hydrogen-bond donors (Lipinski definition) is 2. The van der Waals surface area contributed by atoms with Crippen molar-refractivity contribution in [2.24, 2.45) is 4.99 Å². The molecule has 6 nitrogen and oxygen atoms in total. The SMILES string of the molecule is CCNC(=NCCC(=O)NC(C)CC)N(C)Cc1ccc(OC)cc1. The van der Waals surface area contributed by atoms with Gasteiger partial charge in [0.15, 0.2) is 5.96 Å². The quantitative estimate of drug-likeness (QED) is 0.531. The molecule has 140 valence electrons. The molecule has 0 saturated carbocycles. The standard InChI is InChI=1S/C19H32N4O2/c1-6-15(3)22-18(24)12-13-21-19(20-7-2)23(4)14-16-8-10-17(25-5)11-9-16/h8-11,15H,6-7,12-14H2,1-5H3,(H,20,21)(H,22,24). The lowest BCUT2D eigenvalue weighted by atomic mass is 10.2. The van der Waals surface area contributed by atoms with Crippen LogP contribution in [0.15, 0.2) is 29.3 Å². The van der Waals surface area contributed by atoms with Crippen molar-refractivity contribution in [3.05, 3.63) is 29.8 Å². The van der Waals surface area contributed by atoms with Crippen molar-refractivity contribution in [1.29, 1.82) is 0 Å². The maximum absolute atomic E-state index is 11.8. The molecule has 0 aliphatic heterocycles. The van der Waals surface area contributed by atoms with Gasteiger partial charge in [0.1, 0.15) is 5.75 Å². The van der Waals surface area contributed by atoms with Crippen molar-refractivity contribution in [3.8, 4) is 5.75 Å². The fraction of sp³-hybridized carbons (Fsp3) is 0.579. The predicted octanol–water partition coefficient (Wildman–Crippen LogP) is 2.40. The zero-order chi connectivity index (χ0) is 18.7. The fourth-order valence-corrected chi connectivity index (χ4v) is 2.26. The highest BCUT2D eigenvalue weighted by Gasteiger charge is 2.08. The van der Waals surface area contributed by atoms with Crippen LogP contribution in [0.3, 0.4) is 0 Å². The number of hydrogen-bond acceptors (Lipinski definition) is 3. The number of carbonyl (C=O) groups excluding carboxylic acids is 1. The summed E-state index contributed by atoms with van der Waals surface area (Å²) >= 11 is 0. The number of benzene rings is 1. The van der Waals surface area contributed by atoms with E-state index in [4.69, 9.17) is 4.74 Å². The number of aliphatic imine (C=N–C) groups is 1. The first-order chi connectivity index (χ1) is 12.0. The first-order valence-corrected chi connectivity index (χ1v) is 8.91. The molecule has 6 heteroatoms. The third-order valence-electron chi connectivity index (χ3n) is 3.90. The van der Waals surface area contributed by atoms with Gasteiger partial charge in [0, 0.05) is 32.6 Å². The van der Waals surface area contributed by atoms with Crippen molar-refractivity contribution in [1.82, 2.24) is 15.5 Å². The minimum atomic E-state index is 0.0479. The number of methoxy groups -OCH3 is 1. The Morgan fingerprint density at radius 2 is 1.96 bits per heavy atom. The second-order valence-corrected chi connectivity index (χ2v) is 6.07. The van der Waals surface area contributed by atoms with Crippen molar-refractivity contribution in [2.75, 3.05) is 27.2 Å². The molecule has 0 aliphatic carbocycles. The largest absolute Gasteiger partial charge is 0.497 e. The molecule has 0 spiro atoms. The van der Waals surface area contributed by atoms with Crippen LogP contribution in [0.5, 0.6) is 5.75 Å². The van der Waals surface area contributed by atoms with E-state index in [1.807, 2.05) is 45.2 Å². The molecule has 0 saturated heterocycles. The van der Waals surface area contributed by atoms with Gasteiger partial charge in [-0.25, -0.2) is 0 Å². The molecular weight excluding hydrogens is 316 g/mol. The lowest BCUT2D eigenvalue weighted by molar-refractivity contribution is -0.121. The van der Waals surface area contributed by atoms with E-state index in [2.05, 4.69) is 27.4 Å². The van der Waals surface area contributed by atoms with E-state index >= 15 is 0 Å². The van der Waals surface area contributed by atoms with Crippen LogP contribution in [0.2, 0.25) is 0 Å². The fourth-order valence-electron chi connectivity index (χ4n) is 2.26. The first-order valence-electron chi connectivity index (χ1n) is 8.91. The molecule has 0 radical (unpaired) electrons. The van der Waals surface area contributed by atoms with Crippen LogP contribution in [-0.2, 0) is 11.3 Å². The van der Waals surface area contributed by atoms with E-state index in [1.165, 1.54) is 5.56 Å². The Hall–Kier alpha value is -2.24. The molecule has 1 amide bonds. The van der Waals surface area contributed by atoms with Crippen LogP contribution in [0.1, 0.15) is 39.2 Å². The van der Waals surface area contributed by atoms with E-state index in [1.54, 1.807) is 7.11 Å². The van der Waals surface area contributed by atoms with Crippen LogP contribution in [-0.4, -0.2) is 50.1 Å². The minimum absolute atomic E-state index is 0.0479. The lowest BCUT2D eigenvalue weighted by Crippen LogP contribution is -2.39. The Bertz CT molecular complexity index is 543. The topological polar surface area (TPSA) is 66.0 Å². The van der Waals surface area contributed by atoms with Gasteiger partial charge in [-0.3, -0.25) is 9.79 Å². The van der Waals surface area contributed by atoms with Crippen LogP contribution in [0.4, 0.5) is 0 Å². The van der Waals surface area contributed by atoms with E-state index in [0.29, 0.717) is 13.0 Å². The molecule has 0 aromatic heterocycles. The Morgan fingerprint density at radius 3 is 2.52 bits per heavy atom. The van der Waals surface area contributed by atoms with Gasteiger partial charge in [0.05, 0.1) is 13.7 Å². The molecule has 0 fully saturated rings. The Labute approximate surface area is 151 Å². The van der Waals surface area contributed by atoms with Crippen LogP contribution in [0.25, 0.3) is 0 Å². The lowest BCUT2D eigenvalue weighted by Gasteiger charge is -2.22. The zero-order valence-corrected chi connectivity index (χ0v) is 16.1. The maximum Gasteiger partial charge on any atom is 0.222 e. The minimum Gasteiger partial charge on any atom is -0.497 e. The van der Waals surface area contributed by atoms with E-state index in [-0.39, 0.29) is 11.9 Å². The summed E-state index contributed by atoms with van der Waals surface area (Å²) in [5.41, 5.74) is 1.17. The van der Waals surface area contributed by atoms with Gasteiger partial charge < -0.3 is 20.3 Å². The van der Waals surface area contributed by atoms with Crippen LogP contribution < -0.4 is 15.4 Å². The van der Waals surface area contributed by atoms with Crippen molar-refractivity contribution >= 4 is 11.9 Å². The summed E-state index contributed by atoms with van der Waals surface area (Å²) < 4.78 is 5.18. The third kappa shape index (κ3) is 7.92. The third-order valence-corrected chi connectivity index (χ3v) is 3.90. The Kier molecular flexibility index (Phi) is 9.43. The molecule has 1 atom stereocenters. The molecule has 1 aromatic carbocycles. The van der Waals surface area contributed by atoms with Gasteiger partial charge in [0.2, 0.25) is 5.91 Å². The zero-order valence-electron chi connectivity index (χ0n) is 16.1. The highest BCUT2D eigenvalue weighted by molar-refractivity contribution is 5.80. The summed E-state index contributed by atoms with van der Waals surface area (Å²) in [5, 5.41) is 6.23. The summed E-state index contributed by atoms with van der Waals surface area (Å²) in [7, 11) is 3.65. The molecule has 1 unspecified atom stereocenters. The summed E-state index contributed by atoms with van der Waals surface area (Å²) in [6, 6.07) is 8.19. The van der Waals surface area contributed by atoms with Gasteiger partial charge in [-0.1, -0.05) is 19.1 Å². The number of ether oxygens (including phenoxy) is 1. The summed E-state index contributed by atoms with van der Waals surface area (Å²) in [5.74, 6) is 1.70. The second-order valence-electron chi connectivity index (χ2n) is 6.07. The molecule has 1 aromatic rings. The summed E-state index contributed by atoms with van der Waals surface area (Å²) in [6.45, 7) is 8.08. The van der Waals surface area contributed by atoms with Crippen molar-refractivity contribution < 1.29 is 9.53 Å². The molecule has 25 heavy (non-hydrogen) atoms. The molecule has 0 aliphatic rings. The highest BCUT2D eigenvalue weighted by Crippen LogP contribution is 2.12. The van der Waals surface area contributed by atoms with Crippen LogP contribution >= 0.6 is 0 Å². The van der Waals surface area contributed by atoms with Gasteiger partial charge in [0.25, 0.3) is 0 Å². The summed E-state index contributed by atoms with van der Waals surface area (Å²) in [4.78, 5) is 18.5. The first kappa shape index (κ1) is 20.8. The molecule has 0 heterocycles. The summed E-state index contributed by atoms with van der Waals surface area (Å²) in [6.07, 6.45) is 1.33. The number of nitrogens with one attached hydrogen (secondary N) is 2. The average molecular weight is 348 g/mol. The number of carbonyl (C=O) groups is 1. The number of nitrogens with zero attached hydrogens (tertiary/aromatic N) is 2. The Morgan fingerprint density at radius 1 is 1.28 bits per heavy atom. The number of rotatable bonds is 9. The van der Waals surface area contributed by atoms with Gasteiger partial charge >= 0.3 is 0 Å². The normalized spacial score (nSPS) is 12.4. The van der Waals surface area contributed by atoms with Gasteiger partial charge in [-0.15, -0.1) is 0 Å². The number of amides is 1. The van der Waals surface area contributed by atoms with Crippen molar-refractivity contribution in [2.45, 2.75) is 46.2 Å². The monoisotopic (exact) mass is 348 g/mol. The molecular formula is C19H32N4O2. The molecule has 2 N–H and O–H groups in total. The van der Waals surface area contributed by atoms with E-state index in [9.17, 15) is 4.79 Å². The molecule has 1 rings (SSSR count). The smallest absolute Gasteiger partial charge is 0.222 e. The average Bonchev–Trinajstić information content (AvgIpc) is 2.61. The maximum atomic E-state index is 11.8. The Balaban J connectivity index is 2.59. The van der Waals surface area contributed by atoms with Gasteiger partial charge in [-0.05, 0) is 38.0 Å². The van der Waals surface area contributed by atoms with Crippen molar-refractivity contribution in [3.63, 3.8) is 0 Å². The van der Waals surface area contributed by atoms with Crippen LogP contribution in [0, 0.1) is 0 Å². The van der Waals surface area contributed by atoms with Gasteiger partial charge in [-0.2, -0.15) is 0 Å². The van der Waals surface area contributed by atoms with E-state index < -0.39 is 0 Å². The molecule has 0 bridgehead atoms.